The summed E-state index contributed by atoms with van der Waals surface area (Å²) in [5.74, 6) is 1.60. The molecule has 0 saturated heterocycles. The van der Waals surface area contributed by atoms with Crippen LogP contribution in [0.3, 0.4) is 0 Å². The summed E-state index contributed by atoms with van der Waals surface area (Å²) in [6.45, 7) is 1.54. The number of fused-ring (bicyclic) bond motifs is 4. The van der Waals surface area contributed by atoms with Gasteiger partial charge >= 0.3 is 0 Å². The van der Waals surface area contributed by atoms with Crippen molar-refractivity contribution in [1.29, 1.82) is 0 Å². The molecule has 4 aromatic carbocycles. The Labute approximate surface area is 311 Å². The third-order valence-electron chi connectivity index (χ3n) is 9.51. The predicted molar refractivity (Wildman–Crippen MR) is 219 cm³/mol. The van der Waals surface area contributed by atoms with Crippen LogP contribution >= 0.6 is 0 Å². The molecule has 54 heavy (non-hydrogen) atoms. The summed E-state index contributed by atoms with van der Waals surface area (Å²) < 4.78 is 0. The Morgan fingerprint density at radius 1 is 0.556 bits per heavy atom. The summed E-state index contributed by atoms with van der Waals surface area (Å²) in [4.78, 5) is 33.0. The number of hydrogen-bond acceptors (Lipinski definition) is 8. The van der Waals surface area contributed by atoms with Gasteiger partial charge in [-0.1, -0.05) is 78.9 Å². The van der Waals surface area contributed by atoms with E-state index in [9.17, 15) is 0 Å². The van der Waals surface area contributed by atoms with Crippen molar-refractivity contribution in [2.45, 2.75) is 25.9 Å². The molecule has 8 aromatic rings. The van der Waals surface area contributed by atoms with Crippen LogP contribution in [0, 0.1) is 0 Å². The van der Waals surface area contributed by atoms with Crippen molar-refractivity contribution in [1.82, 2.24) is 29.9 Å². The van der Waals surface area contributed by atoms with E-state index >= 15 is 0 Å². The number of rotatable bonds is 9. The van der Waals surface area contributed by atoms with Crippen molar-refractivity contribution >= 4 is 69.7 Å². The van der Waals surface area contributed by atoms with E-state index in [4.69, 9.17) is 0 Å². The highest BCUT2D eigenvalue weighted by Gasteiger charge is 2.12. The van der Waals surface area contributed by atoms with Crippen LogP contribution in [-0.2, 0) is 25.9 Å². The first-order chi connectivity index (χ1) is 26.7. The topological polar surface area (TPSA) is 132 Å². The third-order valence-corrected chi connectivity index (χ3v) is 9.51. The van der Waals surface area contributed by atoms with E-state index in [1.54, 1.807) is 12.7 Å². The van der Waals surface area contributed by atoms with Gasteiger partial charge in [0.1, 0.15) is 35.6 Å². The molecule has 262 valence electrons. The minimum atomic E-state index is 0.766. The molecular weight excluding hydrogens is 669 g/mol. The summed E-state index contributed by atoms with van der Waals surface area (Å²) in [6, 6.07) is 37.5. The van der Waals surface area contributed by atoms with Crippen LogP contribution in [0.5, 0.6) is 0 Å². The smallest absolute Gasteiger partial charge is 0.143 e. The number of benzene rings is 4. The van der Waals surface area contributed by atoms with Gasteiger partial charge in [0.05, 0.1) is 23.9 Å². The molecule has 0 atom stereocenters. The van der Waals surface area contributed by atoms with Crippen LogP contribution in [0.2, 0.25) is 0 Å². The van der Waals surface area contributed by atoms with Gasteiger partial charge in [-0.05, 0) is 88.7 Å². The molecule has 0 aliphatic carbocycles. The maximum Gasteiger partial charge on any atom is 0.143 e. The molecular formula is C44H36N10. The molecule has 4 aromatic heterocycles. The van der Waals surface area contributed by atoms with Crippen molar-refractivity contribution in [3.05, 3.63) is 167 Å². The SMILES string of the molecule is C1=NCc2ccc(Nc3ncnc4[nH]c(/C=C/c5ccccc5)cc34)cc21.C1=NCc2ccc(Nc3ncnc4[nH]c(CCc5ccccc5)cc34)cc21. The lowest BCUT2D eigenvalue weighted by Gasteiger charge is -2.07. The van der Waals surface area contributed by atoms with Crippen LogP contribution in [0.4, 0.5) is 23.0 Å². The van der Waals surface area contributed by atoms with Crippen molar-refractivity contribution in [2.24, 2.45) is 9.98 Å². The second kappa shape index (κ2) is 14.8. The highest BCUT2D eigenvalue weighted by atomic mass is 15.0. The molecule has 4 N–H and O–H groups in total. The summed E-state index contributed by atoms with van der Waals surface area (Å²) in [7, 11) is 0. The maximum atomic E-state index is 4.45. The summed E-state index contributed by atoms with van der Waals surface area (Å²) in [5, 5.41) is 8.80. The van der Waals surface area contributed by atoms with Gasteiger partial charge in [-0.3, -0.25) is 9.98 Å². The van der Waals surface area contributed by atoms with Crippen LogP contribution in [0.15, 0.2) is 132 Å². The number of hydrogen-bond donors (Lipinski definition) is 4. The summed E-state index contributed by atoms with van der Waals surface area (Å²) >= 11 is 0. The quantitative estimate of drug-likeness (QED) is 0.118. The highest BCUT2D eigenvalue weighted by Crippen LogP contribution is 2.28. The molecule has 0 spiro atoms. The fourth-order valence-corrected chi connectivity index (χ4v) is 6.68. The second-order valence-electron chi connectivity index (χ2n) is 13.2. The van der Waals surface area contributed by atoms with Crippen molar-refractivity contribution in [2.75, 3.05) is 10.6 Å². The number of aromatic amines is 2. The van der Waals surface area contributed by atoms with E-state index in [-0.39, 0.29) is 0 Å². The van der Waals surface area contributed by atoms with E-state index < -0.39 is 0 Å². The number of nitrogens with one attached hydrogen (secondary N) is 4. The molecule has 10 rings (SSSR count). The minimum Gasteiger partial charge on any atom is -0.343 e. The summed E-state index contributed by atoms with van der Waals surface area (Å²) in [5.41, 5.74) is 13.1. The Kier molecular flexibility index (Phi) is 8.96. The van der Waals surface area contributed by atoms with Gasteiger partial charge < -0.3 is 20.6 Å². The normalized spacial score (nSPS) is 12.6. The molecule has 0 bridgehead atoms. The van der Waals surface area contributed by atoms with E-state index in [0.717, 1.165) is 87.8 Å². The zero-order valence-corrected chi connectivity index (χ0v) is 29.4. The van der Waals surface area contributed by atoms with Gasteiger partial charge in [-0.15, -0.1) is 0 Å². The fourth-order valence-electron chi connectivity index (χ4n) is 6.68. The molecule has 0 unspecified atom stereocenters. The molecule has 10 heteroatoms. The van der Waals surface area contributed by atoms with E-state index in [1.807, 2.05) is 42.8 Å². The van der Waals surface area contributed by atoms with E-state index in [1.165, 1.54) is 27.9 Å². The molecule has 0 amide bonds. The van der Waals surface area contributed by atoms with Gasteiger partial charge in [-0.25, -0.2) is 19.9 Å². The molecule has 0 radical (unpaired) electrons. The molecule has 0 fully saturated rings. The molecule has 2 aliphatic heterocycles. The van der Waals surface area contributed by atoms with Crippen LogP contribution in [0.1, 0.15) is 44.8 Å². The fraction of sp³-hybridized carbons (Fsp3) is 0.0909. The highest BCUT2D eigenvalue weighted by molar-refractivity contribution is 5.93. The Hall–Kier alpha value is -7.20. The molecule has 10 nitrogen and oxygen atoms in total. The van der Waals surface area contributed by atoms with Gasteiger partial charge in [0.15, 0.2) is 0 Å². The largest absolute Gasteiger partial charge is 0.343 e. The average Bonchev–Trinajstić information content (AvgIpc) is 4.04. The first-order valence-corrected chi connectivity index (χ1v) is 17.9. The molecule has 2 aliphatic rings. The van der Waals surface area contributed by atoms with E-state index in [2.05, 4.69) is 142 Å². The lowest BCUT2D eigenvalue weighted by atomic mass is 10.1. The first kappa shape index (κ1) is 32.7. The molecule has 0 saturated carbocycles. The number of anilines is 4. The number of aromatic nitrogens is 6. The van der Waals surface area contributed by atoms with Gasteiger partial charge in [0.25, 0.3) is 0 Å². The number of aryl methyl sites for hydroxylation is 2. The lowest BCUT2D eigenvalue weighted by molar-refractivity contribution is 0.928. The van der Waals surface area contributed by atoms with Crippen LogP contribution < -0.4 is 10.6 Å². The standard InChI is InChI=1S/C22H19N5.C22H17N5/c2*1-2-4-15(5-3-1)6-8-19-11-20-21(24-14-25-22(20)27-19)26-18-9-7-16-12-23-13-17(16)10-18/h1-5,7,9-11,13-14H,6,8,12H2,(H2,24,25,26,27);1-11,13-14H,12H2,(H2,24,25,26,27)/b;8-6+. The number of aliphatic imine (C=N–C) groups is 2. The minimum absolute atomic E-state index is 0.766. The van der Waals surface area contributed by atoms with Gasteiger partial charge in [-0.2, -0.15) is 0 Å². The second-order valence-corrected chi connectivity index (χ2v) is 13.2. The Bertz CT molecular complexity index is 2670. The predicted octanol–water partition coefficient (Wildman–Crippen LogP) is 9.22. The van der Waals surface area contributed by atoms with Gasteiger partial charge in [0.2, 0.25) is 0 Å². The van der Waals surface area contributed by atoms with Crippen molar-refractivity contribution < 1.29 is 0 Å². The Morgan fingerprint density at radius 2 is 1.15 bits per heavy atom. The molecule has 6 heterocycles. The Morgan fingerprint density at radius 3 is 1.80 bits per heavy atom. The summed E-state index contributed by atoms with van der Waals surface area (Å²) in [6.07, 6.45) is 13.1. The van der Waals surface area contributed by atoms with Crippen molar-refractivity contribution in [3.8, 4) is 0 Å². The zero-order chi connectivity index (χ0) is 36.1. The lowest BCUT2D eigenvalue weighted by Crippen LogP contribution is -1.96. The monoisotopic (exact) mass is 704 g/mol. The Balaban J connectivity index is 0.000000142. The van der Waals surface area contributed by atoms with Crippen LogP contribution in [0.25, 0.3) is 34.2 Å². The first-order valence-electron chi connectivity index (χ1n) is 17.9. The van der Waals surface area contributed by atoms with Crippen LogP contribution in [-0.4, -0.2) is 42.3 Å². The number of H-pyrrole nitrogens is 2. The average molecular weight is 705 g/mol. The third kappa shape index (κ3) is 7.26. The zero-order valence-electron chi connectivity index (χ0n) is 29.4. The van der Waals surface area contributed by atoms with Gasteiger partial charge in [0, 0.05) is 35.2 Å². The van der Waals surface area contributed by atoms with E-state index in [0.29, 0.717) is 0 Å². The van der Waals surface area contributed by atoms with Crippen molar-refractivity contribution in [3.63, 3.8) is 0 Å². The maximum absolute atomic E-state index is 4.45. The number of nitrogens with zero attached hydrogens (tertiary/aromatic N) is 6.